The minimum absolute atomic E-state index is 0.572. The van der Waals surface area contributed by atoms with Gasteiger partial charge in [-0.3, -0.25) is 0 Å². The van der Waals surface area contributed by atoms with Crippen molar-refractivity contribution >= 4 is 16.6 Å². The molecular weight excluding hydrogens is 260 g/mol. The molecule has 0 aliphatic carbocycles. The Hall–Kier alpha value is -0.686. The van der Waals surface area contributed by atoms with Crippen LogP contribution in [0.1, 0.15) is 13.8 Å². The monoisotopic (exact) mass is 288 g/mol. The Morgan fingerprint density at radius 2 is 1.44 bits per heavy atom. The first-order valence-corrected chi connectivity index (χ1v) is 13.3. The zero-order valence-electron chi connectivity index (χ0n) is 13.1. The molecule has 0 spiro atoms. The second-order valence-electron chi connectivity index (χ2n) is 6.02. The summed E-state index contributed by atoms with van der Waals surface area (Å²) in [4.78, 5) is 0. The van der Waals surface area contributed by atoms with Crippen LogP contribution in [0.4, 0.5) is 0 Å². The maximum Gasteiger partial charge on any atom is 0.268 e. The first kappa shape index (κ1) is 17.3. The summed E-state index contributed by atoms with van der Waals surface area (Å²) in [6, 6.07) is 0. The van der Waals surface area contributed by atoms with Crippen LogP contribution in [0.3, 0.4) is 0 Å². The molecule has 18 heavy (non-hydrogen) atoms. The van der Waals surface area contributed by atoms with Crippen molar-refractivity contribution < 1.29 is 13.6 Å². The van der Waals surface area contributed by atoms with Gasteiger partial charge in [0.1, 0.15) is 5.76 Å². The molecule has 0 N–H and O–H groups in total. The Balaban J connectivity index is 4.91. The molecule has 0 heterocycles. The molecule has 0 saturated carbocycles. The van der Waals surface area contributed by atoms with E-state index in [1.165, 1.54) is 0 Å². The van der Waals surface area contributed by atoms with Crippen molar-refractivity contribution in [3.8, 4) is 0 Å². The highest BCUT2D eigenvalue weighted by atomic mass is 28.4. The molecule has 5 heteroatoms. The SMILES string of the molecule is C/C=C(/C=C(/OCC)O[Si](C)(C)C)O[Si](C)(C)C. The average molecular weight is 289 g/mol. The van der Waals surface area contributed by atoms with E-state index >= 15 is 0 Å². The van der Waals surface area contributed by atoms with Gasteiger partial charge in [0.2, 0.25) is 16.6 Å². The quantitative estimate of drug-likeness (QED) is 0.393. The van der Waals surface area contributed by atoms with Gasteiger partial charge in [0.25, 0.3) is 5.95 Å². The van der Waals surface area contributed by atoms with Crippen molar-refractivity contribution in [3.05, 3.63) is 23.9 Å². The van der Waals surface area contributed by atoms with Crippen LogP contribution in [0.5, 0.6) is 0 Å². The highest BCUT2D eigenvalue weighted by molar-refractivity contribution is 6.70. The van der Waals surface area contributed by atoms with E-state index in [0.717, 1.165) is 5.76 Å². The van der Waals surface area contributed by atoms with E-state index in [4.69, 9.17) is 13.6 Å². The zero-order chi connectivity index (χ0) is 14.4. The summed E-state index contributed by atoms with van der Waals surface area (Å²) in [6.45, 7) is 17.4. The minimum Gasteiger partial charge on any atom is -0.544 e. The Morgan fingerprint density at radius 1 is 0.944 bits per heavy atom. The van der Waals surface area contributed by atoms with E-state index in [9.17, 15) is 0 Å². The lowest BCUT2D eigenvalue weighted by Crippen LogP contribution is -2.27. The van der Waals surface area contributed by atoms with Crippen molar-refractivity contribution in [1.82, 2.24) is 0 Å². The smallest absolute Gasteiger partial charge is 0.268 e. The molecule has 0 aromatic heterocycles. The number of hydrogen-bond donors (Lipinski definition) is 0. The van der Waals surface area contributed by atoms with Crippen molar-refractivity contribution in [2.45, 2.75) is 53.1 Å². The highest BCUT2D eigenvalue weighted by Gasteiger charge is 2.21. The van der Waals surface area contributed by atoms with Crippen LogP contribution in [-0.2, 0) is 13.6 Å². The zero-order valence-corrected chi connectivity index (χ0v) is 15.1. The highest BCUT2D eigenvalue weighted by Crippen LogP contribution is 2.17. The van der Waals surface area contributed by atoms with E-state index < -0.39 is 16.6 Å². The molecule has 0 aromatic rings. The molecule has 0 saturated heterocycles. The largest absolute Gasteiger partial charge is 0.544 e. The number of allylic oxidation sites excluding steroid dienone is 2. The summed E-state index contributed by atoms with van der Waals surface area (Å²) in [5, 5.41) is 0. The van der Waals surface area contributed by atoms with Crippen LogP contribution in [0.2, 0.25) is 39.3 Å². The van der Waals surface area contributed by atoms with Gasteiger partial charge in [-0.15, -0.1) is 0 Å². The molecule has 0 aliphatic rings. The molecule has 0 aromatic carbocycles. The van der Waals surface area contributed by atoms with Crippen molar-refractivity contribution in [2.24, 2.45) is 0 Å². The number of hydrogen-bond acceptors (Lipinski definition) is 3. The normalized spacial score (nSPS) is 14.4. The summed E-state index contributed by atoms with van der Waals surface area (Å²) in [6.07, 6.45) is 3.81. The first-order chi connectivity index (χ1) is 8.07. The lowest BCUT2D eigenvalue weighted by molar-refractivity contribution is 0.111. The lowest BCUT2D eigenvalue weighted by atomic mass is 10.4. The van der Waals surface area contributed by atoms with E-state index in [2.05, 4.69) is 39.3 Å². The van der Waals surface area contributed by atoms with Gasteiger partial charge in [0.05, 0.1) is 12.7 Å². The first-order valence-electron chi connectivity index (χ1n) is 6.46. The molecule has 0 radical (unpaired) electrons. The standard InChI is InChI=1S/C13H28O3Si2/c1-9-12(15-17(3,4)5)11-13(14-10-2)16-18(6,7)8/h9,11H,10H2,1-8H3/b12-9-,13-11-. The van der Waals surface area contributed by atoms with Crippen LogP contribution in [0.25, 0.3) is 0 Å². The molecule has 0 atom stereocenters. The molecular formula is C13H28O3Si2. The van der Waals surface area contributed by atoms with E-state index in [1.54, 1.807) is 0 Å². The second kappa shape index (κ2) is 7.04. The van der Waals surface area contributed by atoms with Gasteiger partial charge in [-0.2, -0.15) is 0 Å². The Labute approximate surface area is 114 Å². The summed E-state index contributed by atoms with van der Waals surface area (Å²) >= 11 is 0. The maximum atomic E-state index is 5.96. The van der Waals surface area contributed by atoms with Gasteiger partial charge >= 0.3 is 0 Å². The molecule has 106 valence electrons. The molecule has 0 unspecified atom stereocenters. The van der Waals surface area contributed by atoms with Gasteiger partial charge in [0.15, 0.2) is 0 Å². The summed E-state index contributed by atoms with van der Waals surface area (Å²) in [7, 11) is -3.26. The number of rotatable bonds is 7. The van der Waals surface area contributed by atoms with Gasteiger partial charge in [-0.05, 0) is 59.2 Å². The summed E-state index contributed by atoms with van der Waals surface area (Å²) in [5.74, 6) is 1.40. The fourth-order valence-corrected chi connectivity index (χ4v) is 2.79. The number of ether oxygens (including phenoxy) is 1. The third kappa shape index (κ3) is 9.35. The van der Waals surface area contributed by atoms with Gasteiger partial charge in [-0.25, -0.2) is 0 Å². The molecule has 0 amide bonds. The third-order valence-electron chi connectivity index (χ3n) is 1.66. The van der Waals surface area contributed by atoms with Gasteiger partial charge in [0, 0.05) is 0 Å². The van der Waals surface area contributed by atoms with Crippen LogP contribution >= 0.6 is 0 Å². The van der Waals surface area contributed by atoms with Crippen molar-refractivity contribution in [2.75, 3.05) is 6.61 Å². The topological polar surface area (TPSA) is 27.7 Å². The van der Waals surface area contributed by atoms with E-state index in [0.29, 0.717) is 12.6 Å². The predicted octanol–water partition coefficient (Wildman–Crippen LogP) is 4.47. The van der Waals surface area contributed by atoms with Crippen molar-refractivity contribution in [1.29, 1.82) is 0 Å². The Morgan fingerprint density at radius 3 is 1.78 bits per heavy atom. The maximum absolute atomic E-state index is 5.96. The van der Waals surface area contributed by atoms with E-state index in [1.807, 2.05) is 26.0 Å². The van der Waals surface area contributed by atoms with Crippen LogP contribution in [0, 0.1) is 0 Å². The van der Waals surface area contributed by atoms with Gasteiger partial charge < -0.3 is 13.6 Å². The minimum atomic E-state index is -1.66. The molecule has 0 rings (SSSR count). The second-order valence-corrected chi connectivity index (χ2v) is 14.9. The van der Waals surface area contributed by atoms with Crippen LogP contribution in [0.15, 0.2) is 23.9 Å². The average Bonchev–Trinajstić information content (AvgIpc) is 2.12. The van der Waals surface area contributed by atoms with Crippen LogP contribution in [-0.4, -0.2) is 23.2 Å². The van der Waals surface area contributed by atoms with Crippen molar-refractivity contribution in [3.63, 3.8) is 0 Å². The predicted molar refractivity (Wildman–Crippen MR) is 82.3 cm³/mol. The third-order valence-corrected chi connectivity index (χ3v) is 3.32. The molecule has 0 aliphatic heterocycles. The lowest BCUT2D eigenvalue weighted by Gasteiger charge is -2.23. The fourth-order valence-electron chi connectivity index (χ4n) is 1.19. The fraction of sp³-hybridized carbons (Fsp3) is 0.692. The van der Waals surface area contributed by atoms with E-state index in [-0.39, 0.29) is 0 Å². The van der Waals surface area contributed by atoms with Gasteiger partial charge in [-0.1, -0.05) is 0 Å². The Bertz CT molecular complexity index is 309. The Kier molecular flexibility index (Phi) is 6.77. The van der Waals surface area contributed by atoms with Crippen LogP contribution < -0.4 is 0 Å². The molecule has 3 nitrogen and oxygen atoms in total. The summed E-state index contributed by atoms with van der Waals surface area (Å²) < 4.78 is 17.4. The molecule has 0 bridgehead atoms. The summed E-state index contributed by atoms with van der Waals surface area (Å²) in [5.41, 5.74) is 0. The molecule has 0 fully saturated rings.